The number of benzene rings is 6. The zero-order valence-corrected chi connectivity index (χ0v) is 73.7. The summed E-state index contributed by atoms with van der Waals surface area (Å²) in [5.41, 5.74) is 11.6. The number of rotatable bonds is 20. The van der Waals surface area contributed by atoms with E-state index in [2.05, 4.69) is 19.6 Å². The summed E-state index contributed by atoms with van der Waals surface area (Å²) < 4.78 is 271. The summed E-state index contributed by atoms with van der Waals surface area (Å²) in [4.78, 5) is 68.1. The van der Waals surface area contributed by atoms with Crippen LogP contribution in [0.2, 0.25) is 0 Å². The molecule has 0 saturated heterocycles. The zero-order chi connectivity index (χ0) is 95.7. The third-order valence-electron chi connectivity index (χ3n) is 14.8. The van der Waals surface area contributed by atoms with E-state index in [1.54, 1.807) is 36.4 Å². The van der Waals surface area contributed by atoms with Crippen LogP contribution in [0, 0.1) is 135 Å². The van der Waals surface area contributed by atoms with Crippen molar-refractivity contribution in [3.05, 3.63) is 234 Å². The molecular weight excluding hydrogens is 2140 g/mol. The van der Waals surface area contributed by atoms with Crippen molar-refractivity contribution in [2.45, 2.75) is 131 Å². The summed E-state index contributed by atoms with van der Waals surface area (Å²) in [5.74, 6) is -24.3. The van der Waals surface area contributed by atoms with Crippen LogP contribution in [-0.2, 0) is 78.9 Å². The summed E-state index contributed by atoms with van der Waals surface area (Å²) in [7, 11) is 8.11. The van der Waals surface area contributed by atoms with Crippen LogP contribution in [0.5, 0.6) is 23.0 Å². The molecule has 48 heteroatoms. The molecule has 704 valence electrons. The molecule has 0 aliphatic rings. The maximum atomic E-state index is 12.3. The Morgan fingerprint density at radius 2 is 0.429 bits per heavy atom. The first-order chi connectivity index (χ1) is 55.1. The predicted octanol–water partition coefficient (Wildman–Crippen LogP) is 9.05. The molecule has 0 N–H and O–H groups in total. The molecule has 6 aromatic rings. The van der Waals surface area contributed by atoms with E-state index in [1.807, 2.05) is 132 Å². The number of aromatic carboxylic acids is 2. The molecule has 0 aliphatic heterocycles. The van der Waals surface area contributed by atoms with Crippen LogP contribution in [0.3, 0.4) is 0 Å². The van der Waals surface area contributed by atoms with Crippen molar-refractivity contribution in [2.75, 3.05) is 54.4 Å². The molecule has 0 aromatic heterocycles. The van der Waals surface area contributed by atoms with E-state index < -0.39 is 132 Å². The second kappa shape index (κ2) is 57.2. The molecule has 0 saturated carbocycles. The normalized spacial score (nSPS) is 12.0. The summed E-state index contributed by atoms with van der Waals surface area (Å²) >= 11 is 0. The summed E-state index contributed by atoms with van der Waals surface area (Å²) in [6.07, 6.45) is -47.8. The molecule has 0 unspecified atom stereocenters. The largest absolute Gasteiger partial charge is 3.00 e. The molecule has 0 spiro atoms. The molecule has 0 heterocycles. The van der Waals surface area contributed by atoms with Crippen molar-refractivity contribution in [2.24, 2.45) is 0 Å². The quantitative estimate of drug-likeness (QED) is 0.0390. The van der Waals surface area contributed by atoms with Crippen LogP contribution in [0.1, 0.15) is 87.5 Å². The third kappa shape index (κ3) is 53.2. The number of alkyl halides is 24. The Hall–Kier alpha value is -7.88. The van der Waals surface area contributed by atoms with Crippen LogP contribution < -0.4 is 51.1 Å². The Bertz CT molecular complexity index is 4060. The van der Waals surface area contributed by atoms with E-state index in [4.69, 9.17) is 0 Å². The molecule has 0 bridgehead atoms. The molecule has 6 aromatic carbocycles. The standard InChI is InChI=1S/2C22H32N2O2.2C7H6O2.4C5H2F6O2.2Co.2Gd/c2*1-15-9-17(3)21(25)19(11-15)13-23(5)7-8-24(6)14-20-12-16(2)10-18(4)22(20)26;2*8-7(9)6-4-2-1-3-5-6;4*6-4(7,8)2(12)1-3(13)5(9,10)11;;;;/h2*9-12,25-26H,7-8,13-14H2,1-6H3;2*1-5H,(H,8,9);4*1,12H;;;;/q;;;;;;;;2*+3;2*+2/p-10/b;;;;4*2-1-;;;;. The van der Waals surface area contributed by atoms with Gasteiger partial charge in [0.1, 0.15) is 0 Å². The molecule has 0 fully saturated rings. The molecule has 6 rings (SSSR count). The van der Waals surface area contributed by atoms with Crippen LogP contribution in [-0.4, -0.2) is 158 Å². The van der Waals surface area contributed by atoms with Crippen molar-refractivity contribution >= 4 is 35.1 Å². The monoisotopic (exact) mass is 2210 g/mol. The number of likely N-dealkylation sites (N-methyl/N-ethyl adjacent to an activating group) is 4. The van der Waals surface area contributed by atoms with Gasteiger partial charge in [-0.1, -0.05) is 154 Å². The van der Waals surface area contributed by atoms with Gasteiger partial charge in [-0.3, -0.25) is 19.2 Å². The van der Waals surface area contributed by atoms with Crippen LogP contribution in [0.25, 0.3) is 0 Å². The fraction of sp³-hybridized carbons (Fsp3) is 0.359. The Labute approximate surface area is 789 Å². The number of hydrogen-bond acceptors (Lipinski definition) is 20. The number of carbonyl (C=O) groups excluding carboxylic acids is 6. The first-order valence-electron chi connectivity index (χ1n) is 33.8. The van der Waals surface area contributed by atoms with E-state index in [1.165, 1.54) is 24.3 Å². The maximum absolute atomic E-state index is 12.3. The number of carbonyl (C=O) groups is 6. The Balaban J connectivity index is -0.000000336. The van der Waals surface area contributed by atoms with Crippen LogP contribution >= 0.6 is 0 Å². The summed E-state index contributed by atoms with van der Waals surface area (Å²) in [6, 6.07) is 31.8. The average Bonchev–Trinajstić information content (AvgIpc) is 0.842. The molecule has 0 atom stereocenters. The molecule has 0 radical (unpaired) electrons. The molecule has 126 heavy (non-hydrogen) atoms. The fourth-order valence-electron chi connectivity index (χ4n) is 9.08. The average molecular weight is 2210 g/mol. The number of aryl methyl sites for hydroxylation is 8. The van der Waals surface area contributed by atoms with Gasteiger partial charge >= 0.3 is 163 Å². The van der Waals surface area contributed by atoms with Gasteiger partial charge in [0.15, 0.2) is 0 Å². The minimum Gasteiger partial charge on any atom is -0.872 e. The van der Waals surface area contributed by atoms with Gasteiger partial charge in [0.2, 0.25) is 0 Å². The van der Waals surface area contributed by atoms with Crippen LogP contribution in [0.15, 0.2) is 157 Å². The van der Waals surface area contributed by atoms with Gasteiger partial charge in [-0.2, -0.15) is 105 Å². The second-order valence-corrected chi connectivity index (χ2v) is 26.0. The minimum atomic E-state index is -5.46. The minimum absolute atomic E-state index is 0. The number of carboxylic acid groups (broad SMARTS) is 2. The number of nitrogens with zero attached hydrogens (tertiary/aromatic N) is 4. The van der Waals surface area contributed by atoms with Gasteiger partial charge in [0.25, 0.3) is 23.1 Å². The Kier molecular flexibility index (Phi) is 58.5. The molecule has 0 amide bonds. The number of ketones is 4. The van der Waals surface area contributed by atoms with Crippen molar-refractivity contribution in [3.8, 4) is 23.0 Å². The number of hydrogen-bond donors (Lipinski definition) is 0. The van der Waals surface area contributed by atoms with Crippen molar-refractivity contribution in [3.63, 3.8) is 0 Å². The summed E-state index contributed by atoms with van der Waals surface area (Å²) in [6.45, 7) is 21.5. The van der Waals surface area contributed by atoms with Crippen LogP contribution in [0.4, 0.5) is 105 Å². The maximum Gasteiger partial charge on any atom is 3.00 e. The second-order valence-electron chi connectivity index (χ2n) is 26.0. The number of carboxylic acids is 2. The number of halogens is 24. The number of allylic oxidation sites excluding steroid dienone is 8. The van der Waals surface area contributed by atoms with Crippen molar-refractivity contribution in [1.82, 2.24) is 19.6 Å². The predicted molar refractivity (Wildman–Crippen MR) is 369 cm³/mol. The zero-order valence-electron chi connectivity index (χ0n) is 67.1. The van der Waals surface area contributed by atoms with E-state index in [9.17, 15) is 185 Å². The third-order valence-corrected chi connectivity index (χ3v) is 14.8. The SMILES string of the molecule is Cc1cc(C)c([O-])c(CN(C)CCN(C)Cc2cc(C)cc(C)c2[O-])c1.Cc1cc(C)c([O-])c(CN(C)CCN(C)Cc2cc(C)cc(C)c2[O-])c1.O=C(/C=C(\[O-])C(F)(F)F)C(F)(F)F.O=C(/C=C(\[O-])C(F)(F)F)C(F)(F)F.O=C(/C=C(\[O-])C(F)(F)F)C(F)(F)F.O=C(/C=C(\[O-])C(F)(F)F)C(F)(F)F.O=C([O-])c1ccccc1.O=C([O-])c1ccccc1.[Co+3].[Co+3].[Gd+2].[Gd+2]. The van der Waals surface area contributed by atoms with Gasteiger partial charge in [-0.15, -0.1) is 23.0 Å². The van der Waals surface area contributed by atoms with Crippen molar-refractivity contribution in [1.29, 1.82) is 0 Å². The fourth-order valence-corrected chi connectivity index (χ4v) is 9.08. The first kappa shape index (κ1) is 129. The van der Waals surface area contributed by atoms with Gasteiger partial charge in [-0.05, 0) is 164 Å². The topological polar surface area (TPSA) is 346 Å². The van der Waals surface area contributed by atoms with Gasteiger partial charge in [-0.25, -0.2) is 0 Å². The molecule has 0 aliphatic carbocycles. The van der Waals surface area contributed by atoms with E-state index >= 15 is 0 Å². The van der Waals surface area contributed by atoms with Gasteiger partial charge in [0.05, 0.1) is 11.9 Å². The van der Waals surface area contributed by atoms with E-state index in [-0.39, 0.29) is 148 Å². The van der Waals surface area contributed by atoms with Gasteiger partial charge in [0, 0.05) is 52.4 Å². The first-order valence-corrected chi connectivity index (χ1v) is 33.8. The Morgan fingerprint density at radius 3 is 0.548 bits per heavy atom. The van der Waals surface area contributed by atoms with Gasteiger partial charge < -0.3 is 80.3 Å². The van der Waals surface area contributed by atoms with E-state index in [0.717, 1.165) is 92.9 Å². The molecular formula is C78H74Co2F24Gd2N4O16. The summed E-state index contributed by atoms with van der Waals surface area (Å²) in [5, 5.41) is 109. The van der Waals surface area contributed by atoms with Crippen molar-refractivity contribution < 1.29 is 299 Å². The smallest absolute Gasteiger partial charge is 0.872 e. The Morgan fingerprint density at radius 1 is 0.278 bits per heavy atom. The molecule has 20 nitrogen and oxygen atoms in total. The van der Waals surface area contributed by atoms with E-state index in [0.29, 0.717) is 26.2 Å².